The van der Waals surface area contributed by atoms with E-state index in [1.807, 2.05) is 0 Å². The van der Waals surface area contributed by atoms with E-state index in [0.29, 0.717) is 18.3 Å². The Balaban J connectivity index is 2.01. The lowest BCUT2D eigenvalue weighted by Gasteiger charge is -2.37. The van der Waals surface area contributed by atoms with E-state index >= 15 is 0 Å². The summed E-state index contributed by atoms with van der Waals surface area (Å²) in [5, 5.41) is 7.35. The summed E-state index contributed by atoms with van der Waals surface area (Å²) in [5.41, 5.74) is -0.243. The van der Waals surface area contributed by atoms with Crippen LogP contribution in [-0.4, -0.2) is 22.8 Å². The van der Waals surface area contributed by atoms with Crippen molar-refractivity contribution in [2.24, 2.45) is 0 Å². The Morgan fingerprint density at radius 2 is 2.12 bits per heavy atom. The number of hydrogen-bond donors (Lipinski definition) is 1. The number of nitrogens with one attached hydrogen (secondary N) is 1. The molecule has 1 N–H and O–H groups in total. The fourth-order valence-corrected chi connectivity index (χ4v) is 1.87. The first-order chi connectivity index (χ1) is 7.95. The van der Waals surface area contributed by atoms with Crippen LogP contribution in [0.5, 0.6) is 0 Å². The highest BCUT2D eigenvalue weighted by Crippen LogP contribution is 2.42. The SMILES string of the molecule is COC1(c2noc(CNC(C)(C)C)n2)CCC1. The van der Waals surface area contributed by atoms with Crippen molar-refractivity contribution in [3.05, 3.63) is 11.7 Å². The number of rotatable bonds is 4. The zero-order chi connectivity index (χ0) is 12.5. The van der Waals surface area contributed by atoms with E-state index in [9.17, 15) is 0 Å². The predicted octanol–water partition coefficient (Wildman–Crippen LogP) is 1.98. The van der Waals surface area contributed by atoms with Gasteiger partial charge in [-0.15, -0.1) is 0 Å². The molecule has 1 aromatic rings. The number of nitrogens with zero attached hydrogens (tertiary/aromatic N) is 2. The first kappa shape index (κ1) is 12.5. The van der Waals surface area contributed by atoms with Crippen LogP contribution in [0.2, 0.25) is 0 Å². The van der Waals surface area contributed by atoms with Crippen molar-refractivity contribution in [1.82, 2.24) is 15.5 Å². The van der Waals surface area contributed by atoms with E-state index in [1.54, 1.807) is 7.11 Å². The van der Waals surface area contributed by atoms with Gasteiger partial charge in [0.25, 0.3) is 0 Å². The largest absolute Gasteiger partial charge is 0.370 e. The molecule has 1 heterocycles. The van der Waals surface area contributed by atoms with Gasteiger partial charge in [0.2, 0.25) is 11.7 Å². The molecule has 0 aromatic carbocycles. The minimum Gasteiger partial charge on any atom is -0.370 e. The highest BCUT2D eigenvalue weighted by atomic mass is 16.5. The van der Waals surface area contributed by atoms with E-state index in [-0.39, 0.29) is 11.1 Å². The van der Waals surface area contributed by atoms with Gasteiger partial charge >= 0.3 is 0 Å². The first-order valence-corrected chi connectivity index (χ1v) is 6.08. The van der Waals surface area contributed by atoms with Crippen LogP contribution < -0.4 is 5.32 Å². The third-order valence-corrected chi connectivity index (χ3v) is 3.20. The summed E-state index contributed by atoms with van der Waals surface area (Å²) in [6, 6.07) is 0. The molecule has 0 unspecified atom stereocenters. The quantitative estimate of drug-likeness (QED) is 0.870. The molecule has 1 fully saturated rings. The van der Waals surface area contributed by atoms with Crippen LogP contribution in [0, 0.1) is 0 Å². The van der Waals surface area contributed by atoms with Crippen molar-refractivity contribution >= 4 is 0 Å². The van der Waals surface area contributed by atoms with Gasteiger partial charge in [-0.1, -0.05) is 5.16 Å². The Bertz CT molecular complexity index is 372. The summed E-state index contributed by atoms with van der Waals surface area (Å²) >= 11 is 0. The van der Waals surface area contributed by atoms with Crippen LogP contribution in [0.15, 0.2) is 4.52 Å². The maximum absolute atomic E-state index is 5.51. The lowest BCUT2D eigenvalue weighted by Crippen LogP contribution is -2.37. The summed E-state index contributed by atoms with van der Waals surface area (Å²) in [6.45, 7) is 6.91. The third kappa shape index (κ3) is 2.66. The maximum Gasteiger partial charge on any atom is 0.240 e. The van der Waals surface area contributed by atoms with Crippen molar-refractivity contribution in [3.63, 3.8) is 0 Å². The van der Waals surface area contributed by atoms with Gasteiger partial charge in [-0.2, -0.15) is 4.98 Å². The summed E-state index contributed by atoms with van der Waals surface area (Å²) in [4.78, 5) is 4.41. The summed E-state index contributed by atoms with van der Waals surface area (Å²) in [5.74, 6) is 1.32. The van der Waals surface area contributed by atoms with Gasteiger partial charge in [0.05, 0.1) is 6.54 Å². The van der Waals surface area contributed by atoms with E-state index in [1.165, 1.54) is 0 Å². The molecule has 1 aliphatic carbocycles. The van der Waals surface area contributed by atoms with E-state index in [2.05, 4.69) is 36.2 Å². The monoisotopic (exact) mass is 239 g/mol. The molecule has 1 aromatic heterocycles. The van der Waals surface area contributed by atoms with Crippen molar-refractivity contribution in [2.75, 3.05) is 7.11 Å². The Kier molecular flexibility index (Phi) is 3.23. The summed E-state index contributed by atoms with van der Waals surface area (Å²) in [7, 11) is 1.71. The minimum atomic E-state index is -0.288. The third-order valence-electron chi connectivity index (χ3n) is 3.20. The molecule has 5 nitrogen and oxygen atoms in total. The number of ether oxygens (including phenoxy) is 1. The van der Waals surface area contributed by atoms with Crippen molar-refractivity contribution in [1.29, 1.82) is 0 Å². The standard InChI is InChI=1S/C12H21N3O2/c1-11(2,3)13-8-9-14-10(15-17-9)12(16-4)6-5-7-12/h13H,5-8H2,1-4H3. The molecule has 0 aliphatic heterocycles. The molecule has 0 amide bonds. The predicted molar refractivity (Wildman–Crippen MR) is 63.4 cm³/mol. The van der Waals surface area contributed by atoms with E-state index in [0.717, 1.165) is 19.3 Å². The van der Waals surface area contributed by atoms with Gasteiger partial charge in [-0.3, -0.25) is 0 Å². The number of aromatic nitrogens is 2. The van der Waals surface area contributed by atoms with E-state index in [4.69, 9.17) is 9.26 Å². The number of hydrogen-bond acceptors (Lipinski definition) is 5. The van der Waals surface area contributed by atoms with E-state index < -0.39 is 0 Å². The highest BCUT2D eigenvalue weighted by Gasteiger charge is 2.43. The molecule has 0 spiro atoms. The molecular formula is C12H21N3O2. The molecule has 0 radical (unpaired) electrons. The van der Waals surface area contributed by atoms with Crippen LogP contribution in [-0.2, 0) is 16.9 Å². The lowest BCUT2D eigenvalue weighted by atomic mass is 9.79. The average Bonchev–Trinajstić information content (AvgIpc) is 2.62. The van der Waals surface area contributed by atoms with Gasteiger partial charge in [0.15, 0.2) is 0 Å². The van der Waals surface area contributed by atoms with Gasteiger partial charge in [0, 0.05) is 12.6 Å². The average molecular weight is 239 g/mol. The van der Waals surface area contributed by atoms with Gasteiger partial charge < -0.3 is 14.6 Å². The molecule has 0 bridgehead atoms. The van der Waals surface area contributed by atoms with Gasteiger partial charge in [-0.25, -0.2) is 0 Å². The van der Waals surface area contributed by atoms with Gasteiger partial charge in [-0.05, 0) is 40.0 Å². The fourth-order valence-electron chi connectivity index (χ4n) is 1.87. The molecule has 2 rings (SSSR count). The second-order valence-corrected chi connectivity index (χ2v) is 5.67. The Morgan fingerprint density at radius 3 is 2.59 bits per heavy atom. The highest BCUT2D eigenvalue weighted by molar-refractivity contribution is 5.06. The molecule has 0 atom stereocenters. The minimum absolute atomic E-state index is 0.0457. The normalized spacial score (nSPS) is 19.1. The van der Waals surface area contributed by atoms with Crippen molar-refractivity contribution in [2.45, 2.75) is 57.7 Å². The molecule has 96 valence electrons. The van der Waals surface area contributed by atoms with Crippen molar-refractivity contribution < 1.29 is 9.26 Å². The van der Waals surface area contributed by atoms with Crippen LogP contribution >= 0.6 is 0 Å². The molecule has 17 heavy (non-hydrogen) atoms. The van der Waals surface area contributed by atoms with Gasteiger partial charge in [0.1, 0.15) is 5.60 Å². The Hall–Kier alpha value is -0.940. The number of methoxy groups -OCH3 is 1. The Morgan fingerprint density at radius 1 is 1.41 bits per heavy atom. The summed E-state index contributed by atoms with van der Waals surface area (Å²) < 4.78 is 10.8. The lowest BCUT2D eigenvalue weighted by molar-refractivity contribution is -0.0858. The van der Waals surface area contributed by atoms with Crippen LogP contribution in [0.25, 0.3) is 0 Å². The zero-order valence-electron chi connectivity index (χ0n) is 11.0. The second kappa shape index (κ2) is 4.38. The smallest absolute Gasteiger partial charge is 0.240 e. The second-order valence-electron chi connectivity index (χ2n) is 5.67. The topological polar surface area (TPSA) is 60.2 Å². The fraction of sp³-hybridized carbons (Fsp3) is 0.833. The van der Waals surface area contributed by atoms with Crippen LogP contribution in [0.4, 0.5) is 0 Å². The summed E-state index contributed by atoms with van der Waals surface area (Å²) in [6.07, 6.45) is 3.13. The first-order valence-electron chi connectivity index (χ1n) is 6.08. The zero-order valence-corrected chi connectivity index (χ0v) is 11.0. The molecular weight excluding hydrogens is 218 g/mol. The Labute approximate surface area is 102 Å². The maximum atomic E-state index is 5.51. The molecule has 1 aliphatic rings. The molecule has 0 saturated heterocycles. The van der Waals surface area contributed by atoms with Crippen LogP contribution in [0.1, 0.15) is 51.7 Å². The van der Waals surface area contributed by atoms with Crippen LogP contribution in [0.3, 0.4) is 0 Å². The molecule has 1 saturated carbocycles. The molecule has 5 heteroatoms. The van der Waals surface area contributed by atoms with Crippen molar-refractivity contribution in [3.8, 4) is 0 Å².